The number of fused-ring (bicyclic) bond motifs is 3. The molecule has 2 saturated carbocycles. The van der Waals surface area contributed by atoms with Crippen LogP contribution in [0.2, 0.25) is 0 Å². The molecule has 0 unspecified atom stereocenters. The average molecular weight is 690 g/mol. The van der Waals surface area contributed by atoms with Crippen LogP contribution in [-0.4, -0.2) is 78.7 Å². The number of nitrogens with two attached hydrogens (primary N) is 1. The molecular weight excluding hydrogens is 646 g/mol. The minimum atomic E-state index is -3.84. The summed E-state index contributed by atoms with van der Waals surface area (Å²) < 4.78 is 39.5. The molecule has 12 nitrogen and oxygen atoms in total. The fourth-order valence-corrected chi connectivity index (χ4v) is 8.24. The van der Waals surface area contributed by atoms with Crippen molar-refractivity contribution in [3.8, 4) is 11.6 Å². The van der Waals surface area contributed by atoms with Gasteiger partial charge in [-0.25, -0.2) is 13.4 Å². The molecule has 3 amide bonds. The Labute approximate surface area is 281 Å². The lowest BCUT2D eigenvalue weighted by molar-refractivity contribution is -0.141. The van der Waals surface area contributed by atoms with Crippen LogP contribution < -0.4 is 25.2 Å². The minimum Gasteiger partial charge on any atom is -0.494 e. The number of allylic oxidation sites excluding steroid dienone is 1. The van der Waals surface area contributed by atoms with E-state index in [9.17, 15) is 22.8 Å². The molecule has 47 heavy (non-hydrogen) atoms. The molecule has 0 spiro atoms. The quantitative estimate of drug-likeness (QED) is 0.386. The summed E-state index contributed by atoms with van der Waals surface area (Å²) in [5, 5.41) is 3.83. The van der Waals surface area contributed by atoms with E-state index in [-0.39, 0.29) is 49.5 Å². The number of pyridine rings is 1. The second-order valence-electron chi connectivity index (χ2n) is 13.5. The number of ether oxygens (including phenoxy) is 2. The van der Waals surface area contributed by atoms with Crippen molar-refractivity contribution in [3.05, 3.63) is 42.6 Å². The number of nitrogens with one attached hydrogen (secondary N) is 2. The monoisotopic (exact) mass is 689 g/mol. The van der Waals surface area contributed by atoms with Gasteiger partial charge in [-0.1, -0.05) is 44.2 Å². The highest BCUT2D eigenvalue weighted by Gasteiger charge is 2.62. The number of carbonyl (C=O) groups is 3. The van der Waals surface area contributed by atoms with Gasteiger partial charge in [0.15, 0.2) is 0 Å². The van der Waals surface area contributed by atoms with Crippen LogP contribution in [0.25, 0.3) is 10.8 Å². The number of hydrogen-bond acceptors (Lipinski definition) is 9. The minimum absolute atomic E-state index is 0. The van der Waals surface area contributed by atoms with E-state index >= 15 is 0 Å². The number of methoxy groups -OCH3 is 1. The Bertz CT molecular complexity index is 1670. The van der Waals surface area contributed by atoms with Crippen molar-refractivity contribution in [1.29, 1.82) is 0 Å². The van der Waals surface area contributed by atoms with E-state index in [1.807, 2.05) is 43.3 Å². The summed E-state index contributed by atoms with van der Waals surface area (Å²) in [6, 6.07) is 5.68. The van der Waals surface area contributed by atoms with Crippen molar-refractivity contribution in [2.75, 3.05) is 13.7 Å². The van der Waals surface area contributed by atoms with E-state index in [0.29, 0.717) is 30.4 Å². The largest absolute Gasteiger partial charge is 0.494 e. The van der Waals surface area contributed by atoms with Crippen molar-refractivity contribution in [2.24, 2.45) is 23.5 Å². The third-order valence-electron chi connectivity index (χ3n) is 9.90. The zero-order chi connectivity index (χ0) is 32.8. The van der Waals surface area contributed by atoms with E-state index in [1.54, 1.807) is 13.3 Å². The molecule has 14 heteroatoms. The fourth-order valence-electron chi connectivity index (χ4n) is 6.87. The summed E-state index contributed by atoms with van der Waals surface area (Å²) in [5.74, 6) is -0.950. The van der Waals surface area contributed by atoms with Crippen molar-refractivity contribution in [3.63, 3.8) is 0 Å². The summed E-state index contributed by atoms with van der Waals surface area (Å²) in [7, 11) is -2.27. The first-order chi connectivity index (χ1) is 21.9. The number of sulfonamides is 1. The molecule has 2 aliphatic carbocycles. The van der Waals surface area contributed by atoms with E-state index in [1.165, 1.54) is 4.90 Å². The Morgan fingerprint density at radius 2 is 1.85 bits per heavy atom. The molecule has 0 radical (unpaired) electrons. The second kappa shape index (κ2) is 13.6. The van der Waals surface area contributed by atoms with Gasteiger partial charge in [0.1, 0.15) is 23.4 Å². The smallest absolute Gasteiger partial charge is 0.259 e. The highest BCUT2D eigenvalue weighted by atomic mass is 35.5. The first-order valence-corrected chi connectivity index (χ1v) is 17.7. The van der Waals surface area contributed by atoms with Gasteiger partial charge >= 0.3 is 0 Å². The lowest BCUT2D eigenvalue weighted by atomic mass is 9.88. The van der Waals surface area contributed by atoms with Gasteiger partial charge in [0.2, 0.25) is 27.7 Å². The first-order valence-electron chi connectivity index (χ1n) is 16.1. The molecular formula is C33H44ClN5O7S. The summed E-state index contributed by atoms with van der Waals surface area (Å²) in [5.41, 5.74) is 5.12. The van der Waals surface area contributed by atoms with Crippen LogP contribution in [0, 0.1) is 17.8 Å². The Kier molecular flexibility index (Phi) is 10.1. The molecule has 7 atom stereocenters. The number of rotatable bonds is 6. The Morgan fingerprint density at radius 3 is 2.55 bits per heavy atom. The normalized spacial score (nSPS) is 32.0. The second-order valence-corrected chi connectivity index (χ2v) is 15.4. The highest BCUT2D eigenvalue weighted by molar-refractivity contribution is 7.91. The van der Waals surface area contributed by atoms with Crippen LogP contribution in [0.4, 0.5) is 0 Å². The number of benzene rings is 1. The molecule has 4 aliphatic rings. The molecule has 2 aliphatic heterocycles. The maximum Gasteiger partial charge on any atom is 0.259 e. The molecule has 1 saturated heterocycles. The molecule has 4 N–H and O–H groups in total. The SMILES string of the molecule is COc1cnc(O[C@@H]2C[C@H]3C(=O)N[C@]4(C(=O)NS(=O)(=O)C5CC5)C[C@H]4/C=C\CC[C@@H](C)C[C@@H](C)[C@H](N)C(=O)N3C2)c2ccccc12.Cl. The van der Waals surface area contributed by atoms with Gasteiger partial charge in [0, 0.05) is 23.1 Å². The summed E-state index contributed by atoms with van der Waals surface area (Å²) in [6.45, 7) is 4.17. The van der Waals surface area contributed by atoms with Crippen LogP contribution in [0.1, 0.15) is 58.8 Å². The van der Waals surface area contributed by atoms with E-state index in [0.717, 1.165) is 30.0 Å². The molecule has 3 heterocycles. The van der Waals surface area contributed by atoms with Gasteiger partial charge in [0.25, 0.3) is 5.91 Å². The fraction of sp³-hybridized carbons (Fsp3) is 0.576. The predicted octanol–water partition coefficient (Wildman–Crippen LogP) is 2.84. The van der Waals surface area contributed by atoms with Gasteiger partial charge < -0.3 is 25.4 Å². The van der Waals surface area contributed by atoms with Crippen LogP contribution in [-0.2, 0) is 24.4 Å². The number of halogens is 1. The van der Waals surface area contributed by atoms with Gasteiger partial charge in [0.05, 0.1) is 31.1 Å². The Hall–Kier alpha value is -3.42. The maximum absolute atomic E-state index is 14.1. The number of amides is 3. The molecule has 2 aromatic rings. The molecule has 1 aromatic heterocycles. The lowest BCUT2D eigenvalue weighted by Crippen LogP contribution is -2.58. The van der Waals surface area contributed by atoms with Gasteiger partial charge in [-0.3, -0.25) is 19.1 Å². The molecule has 256 valence electrons. The number of aromatic nitrogens is 1. The zero-order valence-electron chi connectivity index (χ0n) is 26.9. The molecule has 1 aromatic carbocycles. The number of carbonyl (C=O) groups excluding carboxylic acids is 3. The van der Waals surface area contributed by atoms with Crippen molar-refractivity contribution < 1.29 is 32.3 Å². The number of nitrogens with zero attached hydrogens (tertiary/aromatic N) is 2. The standard InChI is InChI=1S/C33H43N5O7S.ClH/c1-19-8-4-5-9-21-16-33(21,32(41)37-46(42,43)23-12-13-23)36-29(39)26-15-22(18-38(26)31(40)28(34)20(2)14-19)45-30-25-11-7-6-10-24(25)27(44-3)17-35-30;/h5-7,9-11,17,19-23,26,28H,4,8,12-16,18,34H2,1-3H3,(H,36,39)(H,37,41);1H/b9-5-;/t19-,20-,21-,22-,26+,28+,33-;/m1./s1. The summed E-state index contributed by atoms with van der Waals surface area (Å²) in [6.07, 6.45) is 8.61. The van der Waals surface area contributed by atoms with Crippen LogP contribution in [0.3, 0.4) is 0 Å². The Morgan fingerprint density at radius 1 is 1.13 bits per heavy atom. The third kappa shape index (κ3) is 7.07. The lowest BCUT2D eigenvalue weighted by Gasteiger charge is -2.30. The van der Waals surface area contributed by atoms with Crippen molar-refractivity contribution in [2.45, 2.75) is 87.8 Å². The van der Waals surface area contributed by atoms with E-state index in [4.69, 9.17) is 15.2 Å². The maximum atomic E-state index is 14.1. The van der Waals surface area contributed by atoms with E-state index < -0.39 is 50.8 Å². The summed E-state index contributed by atoms with van der Waals surface area (Å²) >= 11 is 0. The molecule has 6 rings (SSSR count). The van der Waals surface area contributed by atoms with Crippen LogP contribution in [0.5, 0.6) is 11.6 Å². The Balaban J connectivity index is 0.00000433. The van der Waals surface area contributed by atoms with Crippen molar-refractivity contribution in [1.82, 2.24) is 19.9 Å². The van der Waals surface area contributed by atoms with E-state index in [2.05, 4.69) is 21.9 Å². The van der Waals surface area contributed by atoms with Gasteiger partial charge in [-0.15, -0.1) is 12.4 Å². The summed E-state index contributed by atoms with van der Waals surface area (Å²) in [4.78, 5) is 47.5. The molecule has 3 fully saturated rings. The van der Waals surface area contributed by atoms with Crippen molar-refractivity contribution >= 4 is 50.9 Å². The third-order valence-corrected chi connectivity index (χ3v) is 11.7. The predicted molar refractivity (Wildman–Crippen MR) is 178 cm³/mol. The topological polar surface area (TPSA) is 170 Å². The van der Waals surface area contributed by atoms with Crippen LogP contribution >= 0.6 is 12.4 Å². The zero-order valence-corrected chi connectivity index (χ0v) is 28.5. The van der Waals surface area contributed by atoms with Crippen LogP contribution in [0.15, 0.2) is 42.6 Å². The average Bonchev–Trinajstić information content (AvgIpc) is 3.95. The molecule has 0 bridgehead atoms. The highest BCUT2D eigenvalue weighted by Crippen LogP contribution is 2.46. The van der Waals surface area contributed by atoms with Gasteiger partial charge in [-0.05, 0) is 56.4 Å². The van der Waals surface area contributed by atoms with Gasteiger partial charge in [-0.2, -0.15) is 0 Å². The first kappa shape index (κ1) is 34.9. The number of hydrogen-bond donors (Lipinski definition) is 3.